The van der Waals surface area contributed by atoms with Gasteiger partial charge < -0.3 is 20.0 Å². The Labute approximate surface area is 212 Å². The molecule has 1 N–H and O–H groups in total. The molecule has 2 aliphatic heterocycles. The predicted molar refractivity (Wildman–Crippen MR) is 142 cm³/mol. The fraction of sp³-hybridized carbons (Fsp3) is 0.875. The number of carbonyl (C=O) groups is 2. The Morgan fingerprint density at radius 1 is 0.969 bits per heavy atom. The van der Waals surface area contributed by atoms with Gasteiger partial charge in [0.2, 0.25) is 11.8 Å². The second kappa shape index (κ2) is 15.7. The molecule has 2 amide bonds. The molecule has 7 nitrogen and oxygen atoms in total. The zero-order valence-corrected chi connectivity index (χ0v) is 23.1. The van der Waals surface area contributed by atoms with Crippen LogP contribution >= 0.6 is 24.0 Å². The molecule has 0 radical (unpaired) electrons. The molecule has 2 heterocycles. The number of likely N-dealkylation sites (tertiary alicyclic amines) is 1. The number of carbonyl (C=O) groups excluding carboxylic acids is 2. The molecule has 186 valence electrons. The van der Waals surface area contributed by atoms with E-state index >= 15 is 0 Å². The molecule has 1 atom stereocenters. The maximum Gasteiger partial charge on any atom is 0.222 e. The van der Waals surface area contributed by atoms with Crippen molar-refractivity contribution in [1.82, 2.24) is 20.0 Å². The number of piperazine rings is 1. The van der Waals surface area contributed by atoms with E-state index in [4.69, 9.17) is 4.99 Å². The average Bonchev–Trinajstić information content (AvgIpc) is 2.74. The number of hydrogen-bond donors (Lipinski definition) is 1. The molecule has 0 spiro atoms. The maximum atomic E-state index is 12.5. The summed E-state index contributed by atoms with van der Waals surface area (Å²) in [5, 5.41) is 3.43. The van der Waals surface area contributed by atoms with Crippen molar-refractivity contribution in [2.75, 3.05) is 52.4 Å². The highest BCUT2D eigenvalue weighted by Crippen LogP contribution is 2.15. The smallest absolute Gasteiger partial charge is 0.222 e. The summed E-state index contributed by atoms with van der Waals surface area (Å²) in [6.45, 7) is 15.2. The van der Waals surface area contributed by atoms with Gasteiger partial charge in [-0.25, -0.2) is 0 Å². The van der Waals surface area contributed by atoms with Gasteiger partial charge in [-0.3, -0.25) is 14.6 Å². The fourth-order valence-corrected chi connectivity index (χ4v) is 4.40. The van der Waals surface area contributed by atoms with Gasteiger partial charge >= 0.3 is 0 Å². The van der Waals surface area contributed by atoms with E-state index in [1.54, 1.807) is 0 Å². The third-order valence-electron chi connectivity index (χ3n) is 6.17. The zero-order valence-electron chi connectivity index (χ0n) is 20.8. The number of guanidine groups is 1. The lowest BCUT2D eigenvalue weighted by molar-refractivity contribution is -0.140. The first-order chi connectivity index (χ1) is 14.9. The number of aliphatic imine (C=N–C) groups is 1. The van der Waals surface area contributed by atoms with Crippen LogP contribution in [0.1, 0.15) is 72.6 Å². The van der Waals surface area contributed by atoms with Crippen LogP contribution in [0, 0.1) is 11.8 Å². The number of nitrogens with zero attached hydrogens (tertiary/aromatic N) is 4. The highest BCUT2D eigenvalue weighted by Gasteiger charge is 2.24. The molecular weight excluding hydrogens is 517 g/mol. The van der Waals surface area contributed by atoms with Gasteiger partial charge in [-0.05, 0) is 44.4 Å². The lowest BCUT2D eigenvalue weighted by Crippen LogP contribution is -2.50. The van der Waals surface area contributed by atoms with Crippen LogP contribution in [0.2, 0.25) is 0 Å². The van der Waals surface area contributed by atoms with E-state index in [1.807, 2.05) is 9.80 Å². The molecule has 0 aromatic carbocycles. The van der Waals surface area contributed by atoms with Crippen molar-refractivity contribution in [2.45, 2.75) is 72.6 Å². The van der Waals surface area contributed by atoms with Crippen LogP contribution in [-0.2, 0) is 9.59 Å². The van der Waals surface area contributed by atoms with E-state index in [2.05, 4.69) is 37.9 Å². The summed E-state index contributed by atoms with van der Waals surface area (Å²) in [6, 6.07) is 0. The van der Waals surface area contributed by atoms with E-state index in [0.717, 1.165) is 57.3 Å². The van der Waals surface area contributed by atoms with Gasteiger partial charge in [-0.2, -0.15) is 0 Å². The minimum Gasteiger partial charge on any atom is -0.357 e. The van der Waals surface area contributed by atoms with Crippen molar-refractivity contribution < 1.29 is 9.59 Å². The Bertz CT molecular complexity index is 591. The van der Waals surface area contributed by atoms with Gasteiger partial charge in [0.05, 0.1) is 0 Å². The van der Waals surface area contributed by atoms with Crippen LogP contribution in [0.3, 0.4) is 0 Å². The normalized spacial score (nSPS) is 19.7. The lowest BCUT2D eigenvalue weighted by atomic mass is 10.0. The van der Waals surface area contributed by atoms with E-state index < -0.39 is 0 Å². The number of hydrogen-bond acceptors (Lipinski definition) is 3. The second-order valence-corrected chi connectivity index (χ2v) is 9.60. The van der Waals surface area contributed by atoms with Crippen molar-refractivity contribution >= 4 is 41.8 Å². The summed E-state index contributed by atoms with van der Waals surface area (Å²) >= 11 is 0. The summed E-state index contributed by atoms with van der Waals surface area (Å²) in [4.78, 5) is 35.7. The van der Waals surface area contributed by atoms with Crippen molar-refractivity contribution in [1.29, 1.82) is 0 Å². The highest BCUT2D eigenvalue weighted by molar-refractivity contribution is 14.0. The quantitative estimate of drug-likeness (QED) is 0.202. The molecule has 0 bridgehead atoms. The Kier molecular flexibility index (Phi) is 14.2. The summed E-state index contributed by atoms with van der Waals surface area (Å²) < 4.78 is 0. The molecule has 0 aromatic rings. The minimum atomic E-state index is 0. The highest BCUT2D eigenvalue weighted by atomic mass is 127. The molecule has 2 aliphatic rings. The lowest BCUT2D eigenvalue weighted by Gasteiger charge is -2.35. The summed E-state index contributed by atoms with van der Waals surface area (Å²) in [5.41, 5.74) is 0. The van der Waals surface area contributed by atoms with Crippen molar-refractivity contribution in [3.05, 3.63) is 0 Å². The van der Waals surface area contributed by atoms with Crippen molar-refractivity contribution in [3.8, 4) is 0 Å². The number of amides is 2. The third-order valence-corrected chi connectivity index (χ3v) is 6.17. The van der Waals surface area contributed by atoms with Crippen LogP contribution in [0.25, 0.3) is 0 Å². The van der Waals surface area contributed by atoms with Crippen molar-refractivity contribution in [3.63, 3.8) is 0 Å². The average molecular weight is 564 g/mol. The van der Waals surface area contributed by atoms with E-state index in [1.165, 1.54) is 12.8 Å². The number of rotatable bonds is 9. The maximum absolute atomic E-state index is 12.5. The number of piperidine rings is 1. The van der Waals surface area contributed by atoms with Crippen LogP contribution in [0.4, 0.5) is 0 Å². The van der Waals surface area contributed by atoms with Crippen LogP contribution in [0.15, 0.2) is 4.99 Å². The zero-order chi connectivity index (χ0) is 22.6. The summed E-state index contributed by atoms with van der Waals surface area (Å²) in [7, 11) is 0. The van der Waals surface area contributed by atoms with Crippen LogP contribution < -0.4 is 5.32 Å². The first kappa shape index (κ1) is 29.0. The first-order valence-corrected chi connectivity index (χ1v) is 12.5. The van der Waals surface area contributed by atoms with E-state index in [0.29, 0.717) is 44.9 Å². The molecule has 2 saturated heterocycles. The monoisotopic (exact) mass is 563 g/mol. The number of halogens is 1. The molecule has 8 heteroatoms. The fourth-order valence-electron chi connectivity index (χ4n) is 4.40. The number of unbranched alkanes of at least 4 members (excludes halogenated alkanes) is 2. The number of nitrogens with one attached hydrogen (secondary N) is 1. The largest absolute Gasteiger partial charge is 0.357 e. The third kappa shape index (κ3) is 10.3. The van der Waals surface area contributed by atoms with E-state index in [-0.39, 0.29) is 35.8 Å². The van der Waals surface area contributed by atoms with Crippen LogP contribution in [-0.4, -0.2) is 84.8 Å². The van der Waals surface area contributed by atoms with Gasteiger partial charge in [-0.15, -0.1) is 24.0 Å². The standard InChI is InChI=1S/C24H45N5O2.HI/c1-5-25-24(29-13-9-10-21(4)19-29)26-12-8-6-7-11-22(30)27-14-16-28(17-15-27)23(31)18-20(2)3;/h20-21H,5-19H2,1-4H3,(H,25,26);1H. The van der Waals surface area contributed by atoms with Crippen molar-refractivity contribution in [2.24, 2.45) is 16.8 Å². The Balaban J connectivity index is 0.00000512. The second-order valence-electron chi connectivity index (χ2n) is 9.60. The molecule has 32 heavy (non-hydrogen) atoms. The van der Waals surface area contributed by atoms with Gasteiger partial charge in [0.25, 0.3) is 0 Å². The minimum absolute atomic E-state index is 0. The SMILES string of the molecule is CCNC(=NCCCCCC(=O)N1CCN(C(=O)CC(C)C)CC1)N1CCCC(C)C1.I. The molecule has 0 aromatic heterocycles. The molecule has 1 unspecified atom stereocenters. The molecule has 2 rings (SSSR count). The summed E-state index contributed by atoms with van der Waals surface area (Å²) in [5.74, 6) is 2.62. The molecular formula is C24H46IN5O2. The molecule has 0 aliphatic carbocycles. The Morgan fingerprint density at radius 2 is 1.62 bits per heavy atom. The molecule has 0 saturated carbocycles. The van der Waals surface area contributed by atoms with Gasteiger partial charge in [0.15, 0.2) is 5.96 Å². The Morgan fingerprint density at radius 3 is 2.22 bits per heavy atom. The topological polar surface area (TPSA) is 68.2 Å². The predicted octanol–water partition coefficient (Wildman–Crippen LogP) is 3.58. The first-order valence-electron chi connectivity index (χ1n) is 12.5. The van der Waals surface area contributed by atoms with Crippen LogP contribution in [0.5, 0.6) is 0 Å². The summed E-state index contributed by atoms with van der Waals surface area (Å²) in [6.07, 6.45) is 6.72. The van der Waals surface area contributed by atoms with Gasteiger partial charge in [0, 0.05) is 65.2 Å². The van der Waals surface area contributed by atoms with Gasteiger partial charge in [-0.1, -0.05) is 27.2 Å². The van der Waals surface area contributed by atoms with E-state index in [9.17, 15) is 9.59 Å². The Hall–Kier alpha value is -1.06. The van der Waals surface area contributed by atoms with Gasteiger partial charge in [0.1, 0.15) is 0 Å². The molecule has 2 fully saturated rings.